The minimum Gasteiger partial charge on any atom is -0.487 e. The van der Waals surface area contributed by atoms with Gasteiger partial charge in [-0.15, -0.1) is 0 Å². The molecule has 0 radical (unpaired) electrons. The van der Waals surface area contributed by atoms with E-state index in [1.165, 1.54) is 12.1 Å². The number of halogens is 2. The molecular formula is C20H17Br2N3O4S. The summed E-state index contributed by atoms with van der Waals surface area (Å²) in [7, 11) is 1.77. The second-order valence-corrected chi connectivity index (χ2v) is 8.52. The highest BCUT2D eigenvalue weighted by atomic mass is 79.9. The van der Waals surface area contributed by atoms with Gasteiger partial charge in [-0.3, -0.25) is 19.8 Å². The van der Waals surface area contributed by atoms with Crippen molar-refractivity contribution in [1.82, 2.24) is 9.80 Å². The van der Waals surface area contributed by atoms with E-state index in [4.69, 9.17) is 17.0 Å². The summed E-state index contributed by atoms with van der Waals surface area (Å²) in [5.74, 6) is 0.420. The molecule has 0 spiro atoms. The number of nitrogens with zero attached hydrogens (tertiary/aromatic N) is 3. The van der Waals surface area contributed by atoms with Gasteiger partial charge < -0.3 is 9.64 Å². The summed E-state index contributed by atoms with van der Waals surface area (Å²) in [5, 5.41) is 11.4. The molecule has 1 fully saturated rings. The van der Waals surface area contributed by atoms with Crippen molar-refractivity contribution in [2.45, 2.75) is 13.5 Å². The second-order valence-electron chi connectivity index (χ2n) is 6.45. The smallest absolute Gasteiger partial charge is 0.276 e. The molecule has 0 atom stereocenters. The Kier molecular flexibility index (Phi) is 6.89. The van der Waals surface area contributed by atoms with Crippen LogP contribution in [0.2, 0.25) is 0 Å². The summed E-state index contributed by atoms with van der Waals surface area (Å²) in [6.07, 6.45) is 1.77. The van der Waals surface area contributed by atoms with Crippen molar-refractivity contribution in [1.29, 1.82) is 0 Å². The third kappa shape index (κ3) is 4.55. The Balaban J connectivity index is 1.82. The number of nitro groups is 1. The largest absolute Gasteiger partial charge is 0.487 e. The van der Waals surface area contributed by atoms with Crippen LogP contribution in [-0.2, 0) is 11.4 Å². The van der Waals surface area contributed by atoms with Gasteiger partial charge in [-0.05, 0) is 80.3 Å². The van der Waals surface area contributed by atoms with Crippen molar-refractivity contribution in [3.8, 4) is 5.75 Å². The predicted molar refractivity (Wildman–Crippen MR) is 125 cm³/mol. The molecule has 156 valence electrons. The number of benzene rings is 2. The van der Waals surface area contributed by atoms with Crippen LogP contribution in [0.25, 0.3) is 6.08 Å². The van der Waals surface area contributed by atoms with Crippen LogP contribution in [0.15, 0.2) is 51.0 Å². The summed E-state index contributed by atoms with van der Waals surface area (Å²) in [6, 6.07) is 9.96. The SMILES string of the molecule is CCN1C(=O)/C(=C/c2cc(Br)c(OCc3cccc([N+](=O)[O-])c3)c(Br)c2)N(C)C1=S. The van der Waals surface area contributed by atoms with E-state index in [1.54, 1.807) is 35.1 Å². The molecule has 2 aromatic rings. The lowest BCUT2D eigenvalue weighted by molar-refractivity contribution is -0.384. The fraction of sp³-hybridized carbons (Fsp3) is 0.200. The van der Waals surface area contributed by atoms with Crippen molar-refractivity contribution < 1.29 is 14.5 Å². The zero-order valence-electron chi connectivity index (χ0n) is 16.1. The van der Waals surface area contributed by atoms with Crippen LogP contribution in [0.5, 0.6) is 5.75 Å². The van der Waals surface area contributed by atoms with Gasteiger partial charge in [0.05, 0.1) is 13.9 Å². The molecule has 1 heterocycles. The van der Waals surface area contributed by atoms with Gasteiger partial charge >= 0.3 is 0 Å². The molecule has 1 amide bonds. The maximum absolute atomic E-state index is 12.6. The van der Waals surface area contributed by atoms with Crippen LogP contribution in [0.3, 0.4) is 0 Å². The summed E-state index contributed by atoms with van der Waals surface area (Å²) in [4.78, 5) is 26.3. The molecule has 2 aromatic carbocycles. The Morgan fingerprint density at radius 1 is 1.23 bits per heavy atom. The second kappa shape index (κ2) is 9.23. The molecule has 1 aliphatic rings. The first kappa shape index (κ1) is 22.4. The Labute approximate surface area is 195 Å². The van der Waals surface area contributed by atoms with Crippen molar-refractivity contribution in [2.75, 3.05) is 13.6 Å². The molecule has 0 aromatic heterocycles. The topological polar surface area (TPSA) is 75.9 Å². The van der Waals surface area contributed by atoms with Gasteiger partial charge in [0.25, 0.3) is 11.6 Å². The lowest BCUT2D eigenvalue weighted by Gasteiger charge is -2.14. The molecule has 30 heavy (non-hydrogen) atoms. The lowest BCUT2D eigenvalue weighted by Crippen LogP contribution is -2.30. The number of carbonyl (C=O) groups is 1. The van der Waals surface area contributed by atoms with Gasteiger partial charge in [0.2, 0.25) is 0 Å². The Morgan fingerprint density at radius 3 is 2.47 bits per heavy atom. The van der Waals surface area contributed by atoms with Gasteiger partial charge in [0.15, 0.2) is 5.11 Å². The predicted octanol–water partition coefficient (Wildman–Crippen LogP) is 5.12. The minimum atomic E-state index is -0.440. The molecule has 0 aliphatic carbocycles. The Bertz CT molecular complexity index is 1050. The molecular weight excluding hydrogens is 538 g/mol. The number of nitro benzene ring substituents is 1. The Morgan fingerprint density at radius 2 is 1.90 bits per heavy atom. The third-order valence-electron chi connectivity index (χ3n) is 4.49. The molecule has 0 saturated carbocycles. The maximum atomic E-state index is 12.6. The van der Waals surface area contributed by atoms with Gasteiger partial charge in [-0.25, -0.2) is 0 Å². The number of hydrogen-bond acceptors (Lipinski definition) is 5. The van der Waals surface area contributed by atoms with E-state index >= 15 is 0 Å². The maximum Gasteiger partial charge on any atom is 0.276 e. The minimum absolute atomic E-state index is 0.0144. The van der Waals surface area contributed by atoms with Gasteiger partial charge in [-0.2, -0.15) is 0 Å². The third-order valence-corrected chi connectivity index (χ3v) is 6.16. The van der Waals surface area contributed by atoms with Crippen LogP contribution in [0.1, 0.15) is 18.1 Å². The van der Waals surface area contributed by atoms with E-state index in [2.05, 4.69) is 31.9 Å². The molecule has 7 nitrogen and oxygen atoms in total. The highest BCUT2D eigenvalue weighted by molar-refractivity contribution is 9.11. The average Bonchev–Trinajstić information content (AvgIpc) is 2.90. The zero-order valence-corrected chi connectivity index (χ0v) is 20.1. The van der Waals surface area contributed by atoms with E-state index < -0.39 is 4.92 Å². The van der Waals surface area contributed by atoms with Gasteiger partial charge in [0, 0.05) is 25.7 Å². The first-order chi connectivity index (χ1) is 14.2. The van der Waals surface area contributed by atoms with E-state index in [9.17, 15) is 14.9 Å². The van der Waals surface area contributed by atoms with Crippen molar-refractivity contribution in [2.24, 2.45) is 0 Å². The molecule has 10 heteroatoms. The quantitative estimate of drug-likeness (QED) is 0.213. The van der Waals surface area contributed by atoms with Crippen LogP contribution < -0.4 is 4.74 Å². The molecule has 0 N–H and O–H groups in total. The molecule has 3 rings (SSSR count). The van der Waals surface area contributed by atoms with Crippen molar-refractivity contribution >= 4 is 66.9 Å². The number of likely N-dealkylation sites (N-methyl/N-ethyl adjacent to an activating group) is 2. The number of non-ortho nitro benzene ring substituents is 1. The van der Waals surface area contributed by atoms with E-state index in [0.29, 0.717) is 37.6 Å². The Hall–Kier alpha value is -2.30. The van der Waals surface area contributed by atoms with Crippen LogP contribution in [0, 0.1) is 10.1 Å². The van der Waals surface area contributed by atoms with E-state index in [1.807, 2.05) is 19.1 Å². The number of hydrogen-bond donors (Lipinski definition) is 0. The summed E-state index contributed by atoms with van der Waals surface area (Å²) in [6.45, 7) is 2.55. The molecule has 1 aliphatic heterocycles. The number of carbonyl (C=O) groups excluding carboxylic acids is 1. The van der Waals surface area contributed by atoms with E-state index in [-0.39, 0.29) is 18.2 Å². The number of thiocarbonyl (C=S) groups is 1. The van der Waals surface area contributed by atoms with Crippen LogP contribution in [0.4, 0.5) is 5.69 Å². The number of ether oxygens (including phenoxy) is 1. The van der Waals surface area contributed by atoms with Crippen LogP contribution in [-0.4, -0.2) is 39.3 Å². The standard InChI is InChI=1S/C20H17Br2N3O4S/c1-3-24-19(26)17(23(2)20(24)30)10-13-8-15(21)18(16(22)9-13)29-11-12-5-4-6-14(7-12)25(27)28/h4-10H,3,11H2,1-2H3/b17-10-. The highest BCUT2D eigenvalue weighted by Gasteiger charge is 2.34. The summed E-state index contributed by atoms with van der Waals surface area (Å²) >= 11 is 12.3. The summed E-state index contributed by atoms with van der Waals surface area (Å²) < 4.78 is 7.22. The zero-order chi connectivity index (χ0) is 22.0. The number of amides is 1. The fourth-order valence-electron chi connectivity index (χ4n) is 2.96. The molecule has 1 saturated heterocycles. The monoisotopic (exact) mass is 553 g/mol. The lowest BCUT2D eigenvalue weighted by atomic mass is 10.1. The first-order valence-electron chi connectivity index (χ1n) is 8.89. The number of rotatable bonds is 6. The van der Waals surface area contributed by atoms with Crippen molar-refractivity contribution in [3.05, 3.63) is 72.3 Å². The fourth-order valence-corrected chi connectivity index (χ4v) is 4.73. The normalized spacial score (nSPS) is 15.3. The van der Waals surface area contributed by atoms with Crippen molar-refractivity contribution in [3.63, 3.8) is 0 Å². The highest BCUT2D eigenvalue weighted by Crippen LogP contribution is 2.36. The van der Waals surface area contributed by atoms with Gasteiger partial charge in [0.1, 0.15) is 18.1 Å². The average molecular weight is 555 g/mol. The first-order valence-corrected chi connectivity index (χ1v) is 10.9. The molecule has 0 bridgehead atoms. The van der Waals surface area contributed by atoms with Crippen LogP contribution >= 0.6 is 44.1 Å². The summed E-state index contributed by atoms with van der Waals surface area (Å²) in [5.41, 5.74) is 1.97. The van der Waals surface area contributed by atoms with Gasteiger partial charge in [-0.1, -0.05) is 12.1 Å². The van der Waals surface area contributed by atoms with E-state index in [0.717, 1.165) is 5.56 Å². The molecule has 0 unspecified atom stereocenters.